The van der Waals surface area contributed by atoms with E-state index in [1.54, 1.807) is 18.2 Å². The first kappa shape index (κ1) is 13.3. The van der Waals surface area contributed by atoms with Crippen molar-refractivity contribution >= 4 is 23.2 Å². The van der Waals surface area contributed by atoms with Crippen LogP contribution in [-0.2, 0) is 0 Å². The summed E-state index contributed by atoms with van der Waals surface area (Å²) in [5.74, 6) is -1.36. The van der Waals surface area contributed by atoms with Crippen molar-refractivity contribution in [1.29, 1.82) is 0 Å². The van der Waals surface area contributed by atoms with Crippen LogP contribution in [0.2, 0.25) is 10.0 Å². The number of hydrogen-bond donors (Lipinski definition) is 1. The zero-order valence-corrected chi connectivity index (χ0v) is 10.6. The molecule has 0 radical (unpaired) electrons. The highest BCUT2D eigenvalue weighted by Crippen LogP contribution is 2.30. The molecule has 1 nitrogen and oxygen atoms in total. The van der Waals surface area contributed by atoms with Crippen molar-refractivity contribution in [2.45, 2.75) is 6.04 Å². The minimum atomic E-state index is -0.795. The van der Waals surface area contributed by atoms with Gasteiger partial charge in [0.2, 0.25) is 0 Å². The van der Waals surface area contributed by atoms with E-state index in [2.05, 4.69) is 0 Å². The van der Waals surface area contributed by atoms with Gasteiger partial charge in [-0.15, -0.1) is 0 Å². The Kier molecular flexibility index (Phi) is 3.85. The van der Waals surface area contributed by atoms with Gasteiger partial charge in [-0.2, -0.15) is 0 Å². The van der Waals surface area contributed by atoms with Gasteiger partial charge in [-0.1, -0.05) is 29.3 Å². The van der Waals surface area contributed by atoms with Crippen LogP contribution >= 0.6 is 23.2 Å². The van der Waals surface area contributed by atoms with Gasteiger partial charge in [0.1, 0.15) is 11.6 Å². The monoisotopic (exact) mass is 287 g/mol. The van der Waals surface area contributed by atoms with E-state index in [1.807, 2.05) is 0 Å². The molecule has 0 aliphatic carbocycles. The predicted octanol–water partition coefficient (Wildman–Crippen LogP) is 4.32. The molecule has 0 aromatic heterocycles. The molecule has 1 unspecified atom stereocenters. The molecule has 2 rings (SSSR count). The lowest BCUT2D eigenvalue weighted by atomic mass is 9.99. The second-order valence-corrected chi connectivity index (χ2v) is 4.65. The standard InChI is InChI=1S/C13H9Cl2F2N/c14-7-1-4-11(15)10(5-7)13(18)9-3-2-8(16)6-12(9)17/h1-6,13H,18H2. The van der Waals surface area contributed by atoms with Gasteiger partial charge in [-0.25, -0.2) is 8.78 Å². The number of halogens is 4. The van der Waals surface area contributed by atoms with Crippen molar-refractivity contribution in [2.75, 3.05) is 0 Å². The zero-order valence-electron chi connectivity index (χ0n) is 9.13. The first-order chi connectivity index (χ1) is 8.49. The Balaban J connectivity index is 2.47. The maximum atomic E-state index is 13.6. The summed E-state index contributed by atoms with van der Waals surface area (Å²) in [4.78, 5) is 0. The van der Waals surface area contributed by atoms with Gasteiger partial charge in [-0.05, 0) is 29.8 Å². The number of hydrogen-bond acceptors (Lipinski definition) is 1. The molecule has 5 heteroatoms. The van der Waals surface area contributed by atoms with Gasteiger partial charge in [-0.3, -0.25) is 0 Å². The summed E-state index contributed by atoms with van der Waals surface area (Å²) in [6, 6.07) is 7.20. The lowest BCUT2D eigenvalue weighted by Gasteiger charge is -2.15. The molecule has 0 aliphatic heterocycles. The highest BCUT2D eigenvalue weighted by atomic mass is 35.5. The molecule has 2 aromatic carbocycles. The van der Waals surface area contributed by atoms with Gasteiger partial charge < -0.3 is 5.73 Å². The van der Waals surface area contributed by atoms with Gasteiger partial charge >= 0.3 is 0 Å². The minimum Gasteiger partial charge on any atom is -0.320 e. The van der Waals surface area contributed by atoms with Crippen LogP contribution < -0.4 is 5.73 Å². The molecule has 0 saturated heterocycles. The predicted molar refractivity (Wildman–Crippen MR) is 68.9 cm³/mol. The average Bonchev–Trinajstić information content (AvgIpc) is 2.31. The Hall–Kier alpha value is -1.16. The molecule has 0 aliphatic rings. The molecule has 2 aromatic rings. The SMILES string of the molecule is NC(c1ccc(F)cc1F)c1cc(Cl)ccc1Cl. The lowest BCUT2D eigenvalue weighted by Crippen LogP contribution is -2.14. The van der Waals surface area contributed by atoms with Crippen LogP contribution in [0.1, 0.15) is 17.2 Å². The molecule has 1 atom stereocenters. The molecule has 0 saturated carbocycles. The molecule has 0 fully saturated rings. The lowest BCUT2D eigenvalue weighted by molar-refractivity contribution is 0.566. The third kappa shape index (κ3) is 2.64. The van der Waals surface area contributed by atoms with Crippen LogP contribution in [0.5, 0.6) is 0 Å². The molecule has 18 heavy (non-hydrogen) atoms. The molecule has 0 amide bonds. The normalized spacial score (nSPS) is 12.5. The summed E-state index contributed by atoms with van der Waals surface area (Å²) in [5.41, 5.74) is 6.59. The fourth-order valence-corrected chi connectivity index (χ4v) is 2.09. The smallest absolute Gasteiger partial charge is 0.131 e. The highest BCUT2D eigenvalue weighted by molar-refractivity contribution is 6.33. The molecule has 0 spiro atoms. The Morgan fingerprint density at radius 2 is 1.67 bits per heavy atom. The maximum Gasteiger partial charge on any atom is 0.131 e. The van der Waals surface area contributed by atoms with Crippen LogP contribution in [0.3, 0.4) is 0 Å². The quantitative estimate of drug-likeness (QED) is 0.875. The zero-order chi connectivity index (χ0) is 13.3. The largest absolute Gasteiger partial charge is 0.320 e. The summed E-state index contributed by atoms with van der Waals surface area (Å²) in [5, 5.41) is 0.836. The molecule has 2 N–H and O–H groups in total. The third-order valence-corrected chi connectivity index (χ3v) is 3.17. The highest BCUT2D eigenvalue weighted by Gasteiger charge is 2.17. The van der Waals surface area contributed by atoms with Crippen LogP contribution in [0, 0.1) is 11.6 Å². The van der Waals surface area contributed by atoms with Gasteiger partial charge in [0.25, 0.3) is 0 Å². The van der Waals surface area contributed by atoms with E-state index >= 15 is 0 Å². The summed E-state index contributed by atoms with van der Waals surface area (Å²) >= 11 is 11.8. The van der Waals surface area contributed by atoms with Gasteiger partial charge in [0.15, 0.2) is 0 Å². The second kappa shape index (κ2) is 5.22. The van der Waals surface area contributed by atoms with E-state index < -0.39 is 17.7 Å². The van der Waals surface area contributed by atoms with E-state index in [-0.39, 0.29) is 5.56 Å². The van der Waals surface area contributed by atoms with E-state index in [9.17, 15) is 8.78 Å². The van der Waals surface area contributed by atoms with E-state index in [1.165, 1.54) is 6.07 Å². The Bertz CT molecular complexity index is 587. The first-order valence-corrected chi connectivity index (χ1v) is 5.90. The molecule has 0 heterocycles. The van der Waals surface area contributed by atoms with Crippen LogP contribution in [0.25, 0.3) is 0 Å². The van der Waals surface area contributed by atoms with E-state index in [4.69, 9.17) is 28.9 Å². The van der Waals surface area contributed by atoms with Crippen molar-refractivity contribution in [3.05, 3.63) is 69.2 Å². The minimum absolute atomic E-state index is 0.167. The number of benzene rings is 2. The van der Waals surface area contributed by atoms with E-state index in [0.717, 1.165) is 12.1 Å². The Labute approximate surface area is 113 Å². The van der Waals surface area contributed by atoms with Crippen LogP contribution in [0.4, 0.5) is 8.78 Å². The molecule has 0 bridgehead atoms. The van der Waals surface area contributed by atoms with Crippen molar-refractivity contribution in [3.63, 3.8) is 0 Å². The van der Waals surface area contributed by atoms with Gasteiger partial charge in [0, 0.05) is 21.7 Å². The number of nitrogens with two attached hydrogens (primary N) is 1. The summed E-state index contributed by atoms with van der Waals surface area (Å²) in [6.45, 7) is 0. The molecular weight excluding hydrogens is 279 g/mol. The van der Waals surface area contributed by atoms with Crippen molar-refractivity contribution in [2.24, 2.45) is 5.73 Å². The van der Waals surface area contributed by atoms with Crippen LogP contribution in [0.15, 0.2) is 36.4 Å². The topological polar surface area (TPSA) is 26.0 Å². The molecule has 94 valence electrons. The Morgan fingerprint density at radius 3 is 2.33 bits per heavy atom. The summed E-state index contributed by atoms with van der Waals surface area (Å²) < 4.78 is 26.5. The van der Waals surface area contributed by atoms with Crippen molar-refractivity contribution in [1.82, 2.24) is 0 Å². The summed E-state index contributed by atoms with van der Waals surface area (Å²) in [6.07, 6.45) is 0. The van der Waals surface area contributed by atoms with E-state index in [0.29, 0.717) is 15.6 Å². The van der Waals surface area contributed by atoms with Crippen LogP contribution in [-0.4, -0.2) is 0 Å². The van der Waals surface area contributed by atoms with Crippen molar-refractivity contribution in [3.8, 4) is 0 Å². The Morgan fingerprint density at radius 1 is 0.944 bits per heavy atom. The summed E-state index contributed by atoms with van der Waals surface area (Å²) in [7, 11) is 0. The maximum absolute atomic E-state index is 13.6. The first-order valence-electron chi connectivity index (χ1n) is 5.14. The second-order valence-electron chi connectivity index (χ2n) is 3.81. The fraction of sp³-hybridized carbons (Fsp3) is 0.0769. The molecular formula is C13H9Cl2F2N. The average molecular weight is 288 g/mol. The third-order valence-electron chi connectivity index (χ3n) is 2.59. The van der Waals surface area contributed by atoms with Gasteiger partial charge in [0.05, 0.1) is 6.04 Å². The fourth-order valence-electron chi connectivity index (χ4n) is 1.67. The number of rotatable bonds is 2. The van der Waals surface area contributed by atoms with Crippen molar-refractivity contribution < 1.29 is 8.78 Å².